The van der Waals surface area contributed by atoms with E-state index in [0.29, 0.717) is 52.0 Å². The topological polar surface area (TPSA) is 154 Å². The summed E-state index contributed by atoms with van der Waals surface area (Å²) in [6, 6.07) is 12.1. The molecule has 0 saturated carbocycles. The number of methoxy groups -OCH3 is 1. The van der Waals surface area contributed by atoms with Crippen LogP contribution in [-0.2, 0) is 4.74 Å². The van der Waals surface area contributed by atoms with E-state index >= 15 is 22.0 Å². The number of hydrogen-bond donors (Lipinski definition) is 1. The second kappa shape index (κ2) is 23.1. The number of rotatable bonds is 7. The fraction of sp³-hybridized carbons (Fsp3) is 0.388. The first kappa shape index (κ1) is 60.9. The minimum Gasteiger partial charge on any atom is -0.507 e. The second-order valence-corrected chi connectivity index (χ2v) is 24.9. The molecule has 4 atom stereocenters. The van der Waals surface area contributed by atoms with Gasteiger partial charge in [0.05, 0.1) is 86.6 Å². The maximum atomic E-state index is 17.3. The number of aromatic nitrogens is 4. The number of phenols is 1. The van der Waals surface area contributed by atoms with Gasteiger partial charge in [-0.15, -0.1) is 0 Å². The fourth-order valence-electron chi connectivity index (χ4n) is 12.9. The molecule has 0 unspecified atom stereocenters. The number of benzene rings is 4. The van der Waals surface area contributed by atoms with Crippen LogP contribution in [0, 0.1) is 54.7 Å². The molecule has 4 aromatic carbocycles. The van der Waals surface area contributed by atoms with Gasteiger partial charge >= 0.3 is 6.09 Å². The van der Waals surface area contributed by atoms with E-state index < -0.39 is 91.8 Å². The summed E-state index contributed by atoms with van der Waals surface area (Å²) < 4.78 is 122. The van der Waals surface area contributed by atoms with Gasteiger partial charge in [0, 0.05) is 48.8 Å². The largest absolute Gasteiger partial charge is 0.507 e. The van der Waals surface area contributed by atoms with Crippen LogP contribution < -0.4 is 35.1 Å². The number of carbonyl (C=O) groups is 1. The number of ether oxygens (including phenoxy) is 4. The minimum absolute atomic E-state index is 0.0242. The molecule has 15 nitrogen and oxygen atoms in total. The number of piperazine rings is 1. The molecule has 21 heteroatoms. The summed E-state index contributed by atoms with van der Waals surface area (Å²) in [6.07, 6.45) is 4.53. The van der Waals surface area contributed by atoms with E-state index in [9.17, 15) is 23.9 Å². The summed E-state index contributed by atoms with van der Waals surface area (Å²) in [4.78, 5) is 56.6. The van der Waals surface area contributed by atoms with Crippen LogP contribution in [0.1, 0.15) is 110 Å². The number of aryl methyl sites for hydroxylation is 2. The lowest BCUT2D eigenvalue weighted by Gasteiger charge is -2.48. The lowest BCUT2D eigenvalue weighted by molar-refractivity contribution is 0.00991. The lowest BCUT2D eigenvalue weighted by atomic mass is 9.91. The van der Waals surface area contributed by atoms with E-state index in [1.54, 1.807) is 64.0 Å². The van der Waals surface area contributed by atoms with Crippen molar-refractivity contribution in [3.63, 3.8) is 0 Å². The highest BCUT2D eigenvalue weighted by atomic mass is 19.2. The quantitative estimate of drug-likeness (QED) is 0.151. The standard InChI is InChI=1S/C36H39F3N4O5.C31H30F3N3O3/c1-18(2)29-30(19(3)12-13-40-29)43-31-22(14-24(38)27(28(31)39)26-23(37)10-9-11-25(26)46-8)32-33(34(43)44)47-17-21-16-41(20(4)15-42(21)32)35(45)48-36(5,6)7;1-15(2)26-27(17(4)10-11-35-26)37-28-19(12-21(33)24(25(28)34)23-20(32)6-5-7-22(23)38)29-30(31(37)39)40-14-18-9-8-16(3)13-36(18)29/h9-14,18,20-21H,15-17H2,1-8H3;5-7,10-12,15-16,18,38H,8-9,13-14H2,1-4H3/t20-,21-;16-,18+/m10/s1. The third kappa shape index (κ3) is 10.3. The van der Waals surface area contributed by atoms with E-state index in [1.807, 2.05) is 44.4 Å². The predicted octanol–water partition coefficient (Wildman–Crippen LogP) is 13.7. The van der Waals surface area contributed by atoms with Crippen molar-refractivity contribution < 1.29 is 55.2 Å². The number of nitrogens with zero attached hydrogens (tertiary/aromatic N) is 7. The zero-order valence-corrected chi connectivity index (χ0v) is 51.0. The summed E-state index contributed by atoms with van der Waals surface area (Å²) in [5.74, 6) is -7.05. The molecule has 1 amide bonds. The Hall–Kier alpha value is -8.75. The molecule has 0 spiro atoms. The number of halogens is 6. The normalized spacial score (nSPS) is 18.1. The SMILES string of the molecule is COc1cccc(F)c1-c1c(F)cc2c3c(c(=O)n(-c4c(C)ccnc4C(C)C)c2c1F)OC[C@H]1CN(C(=O)OC(C)(C)C)[C@H](C)CN31.Cc1ccnc(C(C)C)c1-n1c(=O)c2c(c3cc(F)c(-c4c(O)cccc4F)c(F)c31)N1C[C@@H](C)CC[C@@H]1CO2. The number of pyridine rings is 4. The molecule has 1 N–H and O–H groups in total. The molecule has 2 saturated heterocycles. The Balaban J connectivity index is 0.000000185. The van der Waals surface area contributed by atoms with Crippen LogP contribution in [0.5, 0.6) is 23.0 Å². The van der Waals surface area contributed by atoms with Crippen LogP contribution >= 0.6 is 0 Å². The molecule has 462 valence electrons. The Morgan fingerprint density at radius 1 is 0.636 bits per heavy atom. The van der Waals surface area contributed by atoms with Crippen molar-refractivity contribution in [2.24, 2.45) is 5.92 Å². The third-order valence-electron chi connectivity index (χ3n) is 16.9. The molecular formula is C67H69F6N7O8. The molecule has 12 rings (SSSR count). The molecule has 4 aromatic heterocycles. The van der Waals surface area contributed by atoms with Gasteiger partial charge in [0.25, 0.3) is 11.1 Å². The molecule has 2 fully saturated rings. The monoisotopic (exact) mass is 1210 g/mol. The highest BCUT2D eigenvalue weighted by molar-refractivity contribution is 6.01. The van der Waals surface area contributed by atoms with E-state index in [-0.39, 0.29) is 95.0 Å². The van der Waals surface area contributed by atoms with Gasteiger partial charge < -0.3 is 38.8 Å². The van der Waals surface area contributed by atoms with Crippen molar-refractivity contribution >= 4 is 39.3 Å². The summed E-state index contributed by atoms with van der Waals surface area (Å²) >= 11 is 0. The van der Waals surface area contributed by atoms with Gasteiger partial charge in [-0.3, -0.25) is 28.7 Å². The van der Waals surface area contributed by atoms with E-state index in [2.05, 4.69) is 16.9 Å². The highest BCUT2D eigenvalue weighted by Gasteiger charge is 2.44. The zero-order valence-electron chi connectivity index (χ0n) is 51.0. The van der Waals surface area contributed by atoms with Crippen molar-refractivity contribution in [2.45, 2.75) is 125 Å². The molecule has 0 aliphatic carbocycles. The zero-order chi connectivity index (χ0) is 63.3. The molecule has 4 aliphatic rings. The average Bonchev–Trinajstić information content (AvgIpc) is 0.740. The first-order chi connectivity index (χ1) is 41.7. The number of aromatic hydroxyl groups is 1. The molecule has 88 heavy (non-hydrogen) atoms. The smallest absolute Gasteiger partial charge is 0.410 e. The number of hydrogen-bond acceptors (Lipinski definition) is 12. The predicted molar refractivity (Wildman–Crippen MR) is 325 cm³/mol. The summed E-state index contributed by atoms with van der Waals surface area (Å²) in [7, 11) is 1.28. The average molecular weight is 1210 g/mol. The number of carbonyl (C=O) groups excluding carboxylic acids is 1. The fourth-order valence-corrected chi connectivity index (χ4v) is 12.9. The Labute approximate surface area is 504 Å². The first-order valence-corrected chi connectivity index (χ1v) is 29.5. The number of anilines is 2. The van der Waals surface area contributed by atoms with E-state index in [1.165, 1.54) is 34.4 Å². The number of amides is 1. The molecule has 8 aromatic rings. The molecule has 0 bridgehead atoms. The number of fused-ring (bicyclic) bond motifs is 10. The molecule has 8 heterocycles. The Morgan fingerprint density at radius 2 is 1.12 bits per heavy atom. The number of piperidine rings is 1. The summed E-state index contributed by atoms with van der Waals surface area (Å²) in [5, 5.41) is 10.7. The van der Waals surface area contributed by atoms with Crippen molar-refractivity contribution in [3.05, 3.63) is 151 Å². The van der Waals surface area contributed by atoms with Crippen LogP contribution in [0.25, 0.3) is 55.4 Å². The van der Waals surface area contributed by atoms with Crippen molar-refractivity contribution in [1.29, 1.82) is 0 Å². The van der Waals surface area contributed by atoms with Gasteiger partial charge in [-0.25, -0.2) is 31.1 Å². The Morgan fingerprint density at radius 3 is 1.62 bits per heavy atom. The van der Waals surface area contributed by atoms with Crippen LogP contribution in [0.15, 0.2) is 82.6 Å². The van der Waals surface area contributed by atoms with Gasteiger partial charge in [0.1, 0.15) is 53.6 Å². The molecule has 4 aliphatic heterocycles. The maximum absolute atomic E-state index is 17.3. The van der Waals surface area contributed by atoms with Gasteiger partial charge in [0.15, 0.2) is 11.6 Å². The maximum Gasteiger partial charge on any atom is 0.410 e. The summed E-state index contributed by atoms with van der Waals surface area (Å²) in [6.45, 7) is 21.8. The third-order valence-corrected chi connectivity index (χ3v) is 16.9. The van der Waals surface area contributed by atoms with E-state index in [0.717, 1.165) is 43.2 Å². The first-order valence-electron chi connectivity index (χ1n) is 29.5. The van der Waals surface area contributed by atoms with Crippen molar-refractivity contribution in [2.75, 3.05) is 49.8 Å². The number of phenolic OH excluding ortho intramolecular Hbond substituents is 1. The van der Waals surface area contributed by atoms with E-state index in [4.69, 9.17) is 18.9 Å². The van der Waals surface area contributed by atoms with Crippen molar-refractivity contribution in [1.82, 2.24) is 24.0 Å². The highest BCUT2D eigenvalue weighted by Crippen LogP contribution is 2.49. The van der Waals surface area contributed by atoms with Gasteiger partial charge in [0.2, 0.25) is 11.5 Å². The Bertz CT molecular complexity index is 4260. The molecule has 0 radical (unpaired) electrons. The Kier molecular flexibility index (Phi) is 16.0. The molecular weight excluding hydrogens is 1140 g/mol. The lowest BCUT2D eigenvalue weighted by Crippen LogP contribution is -2.62. The van der Waals surface area contributed by atoms with Crippen molar-refractivity contribution in [3.8, 4) is 56.6 Å². The van der Waals surface area contributed by atoms with Crippen LogP contribution in [0.2, 0.25) is 0 Å². The van der Waals surface area contributed by atoms with Gasteiger partial charge in [-0.1, -0.05) is 46.8 Å². The van der Waals surface area contributed by atoms with Gasteiger partial charge in [-0.2, -0.15) is 0 Å². The van der Waals surface area contributed by atoms with Crippen LogP contribution in [-0.4, -0.2) is 98.9 Å². The summed E-state index contributed by atoms with van der Waals surface area (Å²) in [5.41, 5.74) is -1.33. The van der Waals surface area contributed by atoms with Crippen LogP contribution in [0.4, 0.5) is 42.5 Å². The second-order valence-electron chi connectivity index (χ2n) is 24.9. The minimum atomic E-state index is -1.15. The van der Waals surface area contributed by atoms with Crippen LogP contribution in [0.3, 0.4) is 0 Å². The van der Waals surface area contributed by atoms with Gasteiger partial charge in [-0.05, 0) is 132 Å².